The van der Waals surface area contributed by atoms with Crippen molar-refractivity contribution in [2.24, 2.45) is 0 Å². The first-order valence-electron chi connectivity index (χ1n) is 10.1. The Morgan fingerprint density at radius 2 is 1.80 bits per heavy atom. The molecular formula is C23H23F3N2O2. The molecule has 0 saturated carbocycles. The van der Waals surface area contributed by atoms with Crippen molar-refractivity contribution in [3.8, 4) is 0 Å². The zero-order valence-electron chi connectivity index (χ0n) is 16.7. The number of Topliss-reactive ketones (excluding diaryl/α,β-unsaturated/α-hetero) is 1. The van der Waals surface area contributed by atoms with Crippen LogP contribution in [-0.4, -0.2) is 36.7 Å². The zero-order valence-corrected chi connectivity index (χ0v) is 16.7. The van der Waals surface area contributed by atoms with Crippen LogP contribution in [0.4, 0.5) is 13.2 Å². The van der Waals surface area contributed by atoms with E-state index in [0.717, 1.165) is 37.6 Å². The normalized spacial score (nSPS) is 18.0. The number of carbonyl (C=O) groups excluding carboxylic acids is 2. The number of piperidine rings is 1. The van der Waals surface area contributed by atoms with Crippen LogP contribution in [0.15, 0.2) is 42.5 Å². The first-order chi connectivity index (χ1) is 14.3. The van der Waals surface area contributed by atoms with Crippen molar-refractivity contribution in [3.63, 3.8) is 0 Å². The molecule has 2 aromatic rings. The number of nitrogens with one attached hydrogen (secondary N) is 1. The molecule has 1 saturated heterocycles. The Hall–Kier alpha value is -2.67. The van der Waals surface area contributed by atoms with Gasteiger partial charge >= 0.3 is 6.18 Å². The molecular weight excluding hydrogens is 393 g/mol. The molecule has 1 spiro atoms. The Labute approximate surface area is 173 Å². The summed E-state index contributed by atoms with van der Waals surface area (Å²) in [6, 6.07) is 10.6. The van der Waals surface area contributed by atoms with Gasteiger partial charge in [-0.15, -0.1) is 0 Å². The zero-order chi connectivity index (χ0) is 21.5. The summed E-state index contributed by atoms with van der Waals surface area (Å²) in [5.74, 6) is -0.497. The number of amides is 1. The smallest absolute Gasteiger partial charge is 0.332 e. The van der Waals surface area contributed by atoms with Gasteiger partial charge in [-0.25, -0.2) is 0 Å². The van der Waals surface area contributed by atoms with Gasteiger partial charge in [0.25, 0.3) is 5.91 Å². The second-order valence-electron chi connectivity index (χ2n) is 7.95. The van der Waals surface area contributed by atoms with Gasteiger partial charge in [0, 0.05) is 19.0 Å². The average molecular weight is 416 g/mol. The third-order valence-electron chi connectivity index (χ3n) is 6.40. The van der Waals surface area contributed by atoms with Crippen molar-refractivity contribution in [2.75, 3.05) is 20.1 Å². The lowest BCUT2D eigenvalue weighted by atomic mass is 9.80. The summed E-state index contributed by atoms with van der Waals surface area (Å²) in [4.78, 5) is 27.8. The molecule has 2 aliphatic heterocycles. The van der Waals surface area contributed by atoms with Crippen LogP contribution >= 0.6 is 0 Å². The van der Waals surface area contributed by atoms with E-state index in [1.807, 2.05) is 6.07 Å². The lowest BCUT2D eigenvalue weighted by Crippen LogP contribution is -2.48. The molecule has 2 aromatic carbocycles. The standard InChI is InChI=1S/C23H23F3N2O2/c1-28-21(30)20-16(6-4-8-18(20)22(28)11-13-27-14-12-22)19(29)10-9-15-5-2-3-7-17(15)23(24,25)26/h2-8,27H,9-14H2,1H3. The van der Waals surface area contributed by atoms with E-state index < -0.39 is 17.3 Å². The molecule has 0 bridgehead atoms. The maximum atomic E-state index is 13.2. The quantitative estimate of drug-likeness (QED) is 0.761. The van der Waals surface area contributed by atoms with Gasteiger partial charge in [-0.2, -0.15) is 13.2 Å². The third-order valence-corrected chi connectivity index (χ3v) is 6.40. The number of rotatable bonds is 4. The number of aryl methyl sites for hydroxylation is 1. The van der Waals surface area contributed by atoms with Crippen LogP contribution in [0.25, 0.3) is 0 Å². The molecule has 0 atom stereocenters. The number of hydrogen-bond donors (Lipinski definition) is 1. The largest absolute Gasteiger partial charge is 0.416 e. The third kappa shape index (κ3) is 3.31. The lowest BCUT2D eigenvalue weighted by Gasteiger charge is -2.40. The molecule has 4 rings (SSSR count). The van der Waals surface area contributed by atoms with Gasteiger partial charge in [0.2, 0.25) is 0 Å². The van der Waals surface area contributed by atoms with Crippen molar-refractivity contribution in [2.45, 2.75) is 37.4 Å². The number of benzene rings is 2. The van der Waals surface area contributed by atoms with Gasteiger partial charge in [0.1, 0.15) is 0 Å². The number of fused-ring (bicyclic) bond motifs is 2. The minimum Gasteiger partial charge on any atom is -0.332 e. The molecule has 30 heavy (non-hydrogen) atoms. The molecule has 158 valence electrons. The Bertz CT molecular complexity index is 994. The summed E-state index contributed by atoms with van der Waals surface area (Å²) in [6.07, 6.45) is -3.06. The highest BCUT2D eigenvalue weighted by Gasteiger charge is 2.49. The summed E-state index contributed by atoms with van der Waals surface area (Å²) in [6.45, 7) is 1.56. The minimum absolute atomic E-state index is 0.0305. The van der Waals surface area contributed by atoms with Crippen LogP contribution in [0.5, 0.6) is 0 Å². The lowest BCUT2D eigenvalue weighted by molar-refractivity contribution is -0.138. The first-order valence-corrected chi connectivity index (χ1v) is 10.1. The van der Waals surface area contributed by atoms with Gasteiger partial charge < -0.3 is 10.2 Å². The summed E-state index contributed by atoms with van der Waals surface area (Å²) in [5.41, 5.74) is 0.527. The SMILES string of the molecule is CN1C(=O)c2c(C(=O)CCc3ccccc3C(F)(F)F)cccc2C12CCNCC2. The molecule has 7 heteroatoms. The van der Waals surface area contributed by atoms with Gasteiger partial charge in [-0.05, 0) is 49.5 Å². The number of ketones is 1. The number of carbonyl (C=O) groups is 2. The van der Waals surface area contributed by atoms with E-state index in [0.29, 0.717) is 11.1 Å². The fourth-order valence-corrected chi connectivity index (χ4v) is 4.79. The van der Waals surface area contributed by atoms with Crippen LogP contribution in [0, 0.1) is 0 Å². The van der Waals surface area contributed by atoms with Crippen LogP contribution in [0.1, 0.15) is 56.7 Å². The Morgan fingerprint density at radius 1 is 1.10 bits per heavy atom. The monoisotopic (exact) mass is 416 g/mol. The van der Waals surface area contributed by atoms with Crippen molar-refractivity contribution in [1.29, 1.82) is 0 Å². The second kappa shape index (κ2) is 7.54. The molecule has 0 radical (unpaired) electrons. The highest BCUT2D eigenvalue weighted by atomic mass is 19.4. The van der Waals surface area contributed by atoms with Crippen molar-refractivity contribution >= 4 is 11.7 Å². The van der Waals surface area contributed by atoms with E-state index in [4.69, 9.17) is 0 Å². The fraction of sp³-hybridized carbons (Fsp3) is 0.391. The highest BCUT2D eigenvalue weighted by molar-refractivity contribution is 6.11. The molecule has 2 aliphatic rings. The predicted octanol–water partition coefficient (Wildman–Crippen LogP) is 4.19. The van der Waals surface area contributed by atoms with Crippen LogP contribution in [-0.2, 0) is 18.1 Å². The number of hydrogen-bond acceptors (Lipinski definition) is 3. The first kappa shape index (κ1) is 20.6. The van der Waals surface area contributed by atoms with Gasteiger partial charge in [-0.3, -0.25) is 9.59 Å². The van der Waals surface area contributed by atoms with Crippen LogP contribution in [0.3, 0.4) is 0 Å². The molecule has 0 unspecified atom stereocenters. The highest BCUT2D eigenvalue weighted by Crippen LogP contribution is 2.45. The Morgan fingerprint density at radius 3 is 2.50 bits per heavy atom. The molecule has 4 nitrogen and oxygen atoms in total. The topological polar surface area (TPSA) is 49.4 Å². The summed E-state index contributed by atoms with van der Waals surface area (Å²) in [7, 11) is 1.77. The van der Waals surface area contributed by atoms with Crippen LogP contribution < -0.4 is 5.32 Å². The number of alkyl halides is 3. The van der Waals surface area contributed by atoms with E-state index in [9.17, 15) is 22.8 Å². The maximum Gasteiger partial charge on any atom is 0.416 e. The molecule has 0 aromatic heterocycles. The molecule has 1 N–H and O–H groups in total. The minimum atomic E-state index is -4.46. The maximum absolute atomic E-state index is 13.2. The Balaban J connectivity index is 1.63. The van der Waals surface area contributed by atoms with Crippen molar-refractivity contribution in [3.05, 3.63) is 70.3 Å². The second-order valence-corrected chi connectivity index (χ2v) is 7.95. The summed E-state index contributed by atoms with van der Waals surface area (Å²) < 4.78 is 39.7. The van der Waals surface area contributed by atoms with Crippen molar-refractivity contribution in [1.82, 2.24) is 10.2 Å². The summed E-state index contributed by atoms with van der Waals surface area (Å²) in [5, 5.41) is 3.30. The molecule has 2 heterocycles. The van der Waals surface area contributed by atoms with Crippen molar-refractivity contribution < 1.29 is 22.8 Å². The van der Waals surface area contributed by atoms with Gasteiger partial charge in [0.15, 0.2) is 5.78 Å². The fourth-order valence-electron chi connectivity index (χ4n) is 4.79. The summed E-state index contributed by atoms with van der Waals surface area (Å²) >= 11 is 0. The molecule has 1 amide bonds. The van der Waals surface area contributed by atoms with Gasteiger partial charge in [0.05, 0.1) is 16.7 Å². The number of nitrogens with zero attached hydrogens (tertiary/aromatic N) is 1. The number of halogens is 3. The predicted molar refractivity (Wildman–Crippen MR) is 106 cm³/mol. The molecule has 0 aliphatic carbocycles. The van der Waals surface area contributed by atoms with E-state index in [-0.39, 0.29) is 30.1 Å². The average Bonchev–Trinajstić information content (AvgIpc) is 2.94. The molecule has 1 fully saturated rings. The van der Waals surface area contributed by atoms with E-state index >= 15 is 0 Å². The van der Waals surface area contributed by atoms with Gasteiger partial charge in [-0.1, -0.05) is 36.4 Å². The van der Waals surface area contributed by atoms with Crippen LogP contribution in [0.2, 0.25) is 0 Å². The van der Waals surface area contributed by atoms with E-state index in [1.54, 1.807) is 24.1 Å². The Kier molecular flexibility index (Phi) is 5.18. The van der Waals surface area contributed by atoms with E-state index in [2.05, 4.69) is 5.32 Å². The van der Waals surface area contributed by atoms with E-state index in [1.165, 1.54) is 18.2 Å².